The van der Waals surface area contributed by atoms with Crippen LogP contribution in [0.15, 0.2) is 27.8 Å². The predicted molar refractivity (Wildman–Crippen MR) is 79.8 cm³/mol. The van der Waals surface area contributed by atoms with Crippen LogP contribution in [0.3, 0.4) is 0 Å². The number of rotatable bonds is 6. The van der Waals surface area contributed by atoms with Crippen molar-refractivity contribution in [3.63, 3.8) is 0 Å². The third-order valence-corrected chi connectivity index (χ3v) is 5.67. The molecule has 2 N–H and O–H groups in total. The van der Waals surface area contributed by atoms with Gasteiger partial charge in [0.05, 0.1) is 0 Å². The van der Waals surface area contributed by atoms with E-state index in [1.807, 2.05) is 6.92 Å². The zero-order valence-electron chi connectivity index (χ0n) is 11.7. The summed E-state index contributed by atoms with van der Waals surface area (Å²) < 4.78 is 27.9. The number of nitrogens with zero attached hydrogens (tertiary/aromatic N) is 2. The fourth-order valence-corrected chi connectivity index (χ4v) is 3.68. The number of sulfonamides is 1. The zero-order chi connectivity index (χ0) is 15.5. The summed E-state index contributed by atoms with van der Waals surface area (Å²) in [6, 6.07) is 4.87. The number of thiophene rings is 1. The minimum absolute atomic E-state index is 0.123. The predicted octanol–water partition coefficient (Wildman–Crippen LogP) is 0.498. The van der Waals surface area contributed by atoms with Gasteiger partial charge in [-0.1, -0.05) is 6.07 Å². The molecular weight excluding hydrogens is 312 g/mol. The normalized spacial score (nSPS) is 11.5. The fraction of sp³-hybridized carbons (Fsp3) is 0.333. The Morgan fingerprint density at radius 1 is 1.43 bits per heavy atom. The number of carbonyl (C=O) groups is 1. The van der Waals surface area contributed by atoms with Crippen LogP contribution in [-0.2, 0) is 17.1 Å². The van der Waals surface area contributed by atoms with Crippen molar-refractivity contribution in [2.45, 2.75) is 11.1 Å². The third-order valence-electron chi connectivity index (χ3n) is 2.81. The van der Waals surface area contributed by atoms with Crippen LogP contribution in [-0.4, -0.2) is 37.2 Å². The van der Waals surface area contributed by atoms with Gasteiger partial charge in [0.1, 0.15) is 9.90 Å². The van der Waals surface area contributed by atoms with Gasteiger partial charge in [0, 0.05) is 25.8 Å². The Kier molecular flexibility index (Phi) is 4.76. The van der Waals surface area contributed by atoms with Gasteiger partial charge in [-0.05, 0) is 24.4 Å². The van der Waals surface area contributed by atoms with Crippen molar-refractivity contribution in [3.05, 3.63) is 35.0 Å². The monoisotopic (exact) mass is 328 g/mol. The molecule has 9 heteroatoms. The topological polar surface area (TPSA) is 93.1 Å². The van der Waals surface area contributed by atoms with Crippen LogP contribution in [0, 0.1) is 6.92 Å². The van der Waals surface area contributed by atoms with E-state index in [9.17, 15) is 13.2 Å². The summed E-state index contributed by atoms with van der Waals surface area (Å²) in [5.74, 6) is -0.325. The highest BCUT2D eigenvalue weighted by Crippen LogP contribution is 2.14. The van der Waals surface area contributed by atoms with Crippen LogP contribution in [0.1, 0.15) is 16.2 Å². The largest absolute Gasteiger partial charge is 0.349 e. The first kappa shape index (κ1) is 15.7. The summed E-state index contributed by atoms with van der Waals surface area (Å²) in [7, 11) is -1.73. The van der Waals surface area contributed by atoms with Gasteiger partial charge >= 0.3 is 0 Å². The standard InChI is InChI=1S/C12H16N4O3S2/c1-9-8-10(15-16(9)2)12(17)13-5-6-14-21(18,19)11-4-3-7-20-11/h3-4,7-8,14H,5-6H2,1-2H3,(H,13,17). The van der Waals surface area contributed by atoms with Crippen molar-refractivity contribution in [1.82, 2.24) is 19.8 Å². The molecule has 21 heavy (non-hydrogen) atoms. The molecule has 0 bridgehead atoms. The number of hydrogen-bond acceptors (Lipinski definition) is 5. The highest BCUT2D eigenvalue weighted by atomic mass is 32.2. The maximum absolute atomic E-state index is 11.8. The third kappa shape index (κ3) is 3.90. The van der Waals surface area contributed by atoms with E-state index in [0.717, 1.165) is 17.0 Å². The lowest BCUT2D eigenvalue weighted by Gasteiger charge is -2.05. The molecule has 0 saturated heterocycles. The first-order valence-electron chi connectivity index (χ1n) is 6.22. The molecule has 2 aromatic heterocycles. The molecule has 0 fully saturated rings. The summed E-state index contributed by atoms with van der Waals surface area (Å²) in [6.45, 7) is 2.16. The molecule has 0 aliphatic carbocycles. The Bertz CT molecular complexity index is 700. The molecule has 0 aliphatic heterocycles. The van der Waals surface area contributed by atoms with Gasteiger partial charge in [-0.15, -0.1) is 11.3 Å². The molecule has 0 unspecified atom stereocenters. The van der Waals surface area contributed by atoms with E-state index in [1.165, 1.54) is 6.07 Å². The van der Waals surface area contributed by atoms with Gasteiger partial charge in [-0.2, -0.15) is 5.10 Å². The van der Waals surface area contributed by atoms with Gasteiger partial charge in [-0.25, -0.2) is 13.1 Å². The van der Waals surface area contributed by atoms with E-state index in [0.29, 0.717) is 5.69 Å². The Hall–Kier alpha value is -1.71. The lowest BCUT2D eigenvalue weighted by molar-refractivity contribution is 0.0948. The van der Waals surface area contributed by atoms with E-state index in [-0.39, 0.29) is 23.2 Å². The molecule has 7 nitrogen and oxygen atoms in total. The van der Waals surface area contributed by atoms with Crippen LogP contribution in [0.2, 0.25) is 0 Å². The van der Waals surface area contributed by atoms with Crippen LogP contribution in [0.25, 0.3) is 0 Å². The Labute approximate surface area is 127 Å². The molecule has 2 aromatic rings. The van der Waals surface area contributed by atoms with E-state index in [4.69, 9.17) is 0 Å². The molecule has 2 rings (SSSR count). The lowest BCUT2D eigenvalue weighted by Crippen LogP contribution is -2.34. The fourth-order valence-electron chi connectivity index (χ4n) is 1.61. The maximum atomic E-state index is 11.8. The summed E-state index contributed by atoms with van der Waals surface area (Å²) in [4.78, 5) is 11.8. The van der Waals surface area contributed by atoms with Crippen molar-refractivity contribution in [3.8, 4) is 0 Å². The molecule has 0 radical (unpaired) electrons. The lowest BCUT2D eigenvalue weighted by atomic mass is 10.3. The van der Waals surface area contributed by atoms with Crippen LogP contribution < -0.4 is 10.0 Å². The summed E-state index contributed by atoms with van der Waals surface area (Å²) >= 11 is 1.14. The Morgan fingerprint density at radius 2 is 2.19 bits per heavy atom. The Balaban J connectivity index is 1.81. The van der Waals surface area contributed by atoms with Gasteiger partial charge in [0.15, 0.2) is 0 Å². The van der Waals surface area contributed by atoms with Crippen LogP contribution in [0.4, 0.5) is 0 Å². The number of hydrogen-bond donors (Lipinski definition) is 2. The first-order chi connectivity index (χ1) is 9.90. The van der Waals surface area contributed by atoms with Gasteiger partial charge in [0.2, 0.25) is 10.0 Å². The zero-order valence-corrected chi connectivity index (χ0v) is 13.3. The van der Waals surface area contributed by atoms with E-state index in [2.05, 4.69) is 15.1 Å². The number of carbonyl (C=O) groups excluding carboxylic acids is 1. The smallest absolute Gasteiger partial charge is 0.271 e. The SMILES string of the molecule is Cc1cc(C(=O)NCCNS(=O)(=O)c2cccs2)nn1C. The maximum Gasteiger partial charge on any atom is 0.271 e. The van der Waals surface area contributed by atoms with E-state index in [1.54, 1.807) is 29.2 Å². The number of amides is 1. The number of aromatic nitrogens is 2. The average Bonchev–Trinajstić information content (AvgIpc) is 3.06. The van der Waals surface area contributed by atoms with Crippen LogP contribution in [0.5, 0.6) is 0 Å². The molecule has 0 aromatic carbocycles. The van der Waals surface area contributed by atoms with Crippen molar-refractivity contribution in [2.24, 2.45) is 7.05 Å². The highest BCUT2D eigenvalue weighted by molar-refractivity contribution is 7.91. The average molecular weight is 328 g/mol. The summed E-state index contributed by atoms with van der Waals surface area (Å²) in [5.41, 5.74) is 1.19. The molecule has 0 saturated carbocycles. The second-order valence-electron chi connectivity index (χ2n) is 4.38. The van der Waals surface area contributed by atoms with Gasteiger partial charge in [-0.3, -0.25) is 9.48 Å². The van der Waals surface area contributed by atoms with Crippen molar-refractivity contribution < 1.29 is 13.2 Å². The summed E-state index contributed by atoms with van der Waals surface area (Å²) in [6.07, 6.45) is 0. The van der Waals surface area contributed by atoms with Gasteiger partial charge < -0.3 is 5.32 Å². The van der Waals surface area contributed by atoms with E-state index >= 15 is 0 Å². The van der Waals surface area contributed by atoms with Crippen molar-refractivity contribution in [2.75, 3.05) is 13.1 Å². The molecule has 0 aliphatic rings. The van der Waals surface area contributed by atoms with Gasteiger partial charge in [0.25, 0.3) is 5.91 Å². The first-order valence-corrected chi connectivity index (χ1v) is 8.58. The van der Waals surface area contributed by atoms with Crippen molar-refractivity contribution >= 4 is 27.3 Å². The molecule has 0 atom stereocenters. The van der Waals surface area contributed by atoms with Crippen molar-refractivity contribution in [1.29, 1.82) is 0 Å². The second-order valence-corrected chi connectivity index (χ2v) is 7.32. The molecular formula is C12H16N4O3S2. The molecule has 114 valence electrons. The van der Waals surface area contributed by atoms with E-state index < -0.39 is 10.0 Å². The number of aryl methyl sites for hydroxylation is 2. The molecule has 2 heterocycles. The second kappa shape index (κ2) is 6.37. The molecule has 1 amide bonds. The number of nitrogens with one attached hydrogen (secondary N) is 2. The van der Waals surface area contributed by atoms with Crippen LogP contribution >= 0.6 is 11.3 Å². The minimum Gasteiger partial charge on any atom is -0.349 e. The quantitative estimate of drug-likeness (QED) is 0.755. The highest BCUT2D eigenvalue weighted by Gasteiger charge is 2.15. The minimum atomic E-state index is -3.48. The Morgan fingerprint density at radius 3 is 2.76 bits per heavy atom. The molecule has 0 spiro atoms. The summed E-state index contributed by atoms with van der Waals surface area (Å²) in [5, 5.41) is 8.36.